The highest BCUT2D eigenvalue weighted by atomic mass is 16.5. The SMILES string of the molecule is O=C1NCCn2nc(-c3ccnc(-c4ccc(OCc5ccccc5)c(OCc5ccccc5)c4)n3)cc21. The molecule has 0 radical (unpaired) electrons. The summed E-state index contributed by atoms with van der Waals surface area (Å²) in [6.07, 6.45) is 1.69. The van der Waals surface area contributed by atoms with Gasteiger partial charge in [0.15, 0.2) is 17.3 Å². The van der Waals surface area contributed by atoms with Gasteiger partial charge in [0, 0.05) is 18.3 Å². The first kappa shape index (κ1) is 23.4. The fourth-order valence-electron chi connectivity index (χ4n) is 4.25. The van der Waals surface area contributed by atoms with Crippen LogP contribution in [0.2, 0.25) is 0 Å². The van der Waals surface area contributed by atoms with Crippen molar-refractivity contribution in [3.63, 3.8) is 0 Å². The number of ether oxygens (including phenoxy) is 2. The molecule has 0 saturated carbocycles. The van der Waals surface area contributed by atoms with E-state index in [4.69, 9.17) is 14.5 Å². The molecular formula is C30H25N5O3. The van der Waals surface area contributed by atoms with Gasteiger partial charge in [-0.15, -0.1) is 0 Å². The Morgan fingerprint density at radius 3 is 2.21 bits per heavy atom. The van der Waals surface area contributed by atoms with Gasteiger partial charge in [0.1, 0.15) is 24.6 Å². The fourth-order valence-corrected chi connectivity index (χ4v) is 4.25. The van der Waals surface area contributed by atoms with E-state index >= 15 is 0 Å². The number of carbonyl (C=O) groups excluding carboxylic acids is 1. The molecule has 1 N–H and O–H groups in total. The molecule has 2 aromatic heterocycles. The Bertz CT molecular complexity index is 1570. The van der Waals surface area contributed by atoms with Gasteiger partial charge in [0.05, 0.1) is 12.2 Å². The lowest BCUT2D eigenvalue weighted by Crippen LogP contribution is -2.35. The first-order valence-corrected chi connectivity index (χ1v) is 12.4. The predicted octanol–water partition coefficient (Wildman–Crippen LogP) is 4.91. The summed E-state index contributed by atoms with van der Waals surface area (Å²) in [5.74, 6) is 1.63. The van der Waals surface area contributed by atoms with Crippen LogP contribution in [0.4, 0.5) is 0 Å². The molecule has 0 saturated heterocycles. The molecule has 1 amide bonds. The normalized spacial score (nSPS) is 12.5. The molecule has 1 aliphatic heterocycles. The predicted molar refractivity (Wildman–Crippen MR) is 143 cm³/mol. The van der Waals surface area contributed by atoms with Gasteiger partial charge in [-0.2, -0.15) is 5.10 Å². The number of fused-ring (bicyclic) bond motifs is 1. The first-order valence-electron chi connectivity index (χ1n) is 12.4. The monoisotopic (exact) mass is 503 g/mol. The van der Waals surface area contributed by atoms with Crippen molar-refractivity contribution in [1.29, 1.82) is 0 Å². The molecule has 1 aliphatic rings. The third-order valence-corrected chi connectivity index (χ3v) is 6.22. The Morgan fingerprint density at radius 2 is 1.50 bits per heavy atom. The van der Waals surface area contributed by atoms with Crippen molar-refractivity contribution in [3.8, 4) is 34.3 Å². The molecule has 6 rings (SSSR count). The van der Waals surface area contributed by atoms with E-state index in [1.54, 1.807) is 23.0 Å². The maximum Gasteiger partial charge on any atom is 0.269 e. The number of hydrogen-bond donors (Lipinski definition) is 1. The molecule has 0 spiro atoms. The van der Waals surface area contributed by atoms with Crippen molar-refractivity contribution in [2.75, 3.05) is 6.54 Å². The van der Waals surface area contributed by atoms with Gasteiger partial charge in [-0.1, -0.05) is 60.7 Å². The zero-order valence-electron chi connectivity index (χ0n) is 20.6. The summed E-state index contributed by atoms with van der Waals surface area (Å²) >= 11 is 0. The van der Waals surface area contributed by atoms with Gasteiger partial charge in [-0.3, -0.25) is 9.48 Å². The summed E-state index contributed by atoms with van der Waals surface area (Å²) in [5.41, 5.74) is 4.70. The summed E-state index contributed by atoms with van der Waals surface area (Å²) in [6, 6.07) is 29.2. The van der Waals surface area contributed by atoms with Gasteiger partial charge in [0.25, 0.3) is 5.91 Å². The molecule has 188 valence electrons. The van der Waals surface area contributed by atoms with Crippen molar-refractivity contribution in [2.24, 2.45) is 0 Å². The number of nitrogens with one attached hydrogen (secondary N) is 1. The maximum absolute atomic E-state index is 12.2. The summed E-state index contributed by atoms with van der Waals surface area (Å²) in [6.45, 7) is 2.01. The molecule has 8 heteroatoms. The number of aromatic nitrogens is 4. The summed E-state index contributed by atoms with van der Waals surface area (Å²) in [4.78, 5) is 21.4. The van der Waals surface area contributed by atoms with E-state index in [1.807, 2.05) is 78.9 Å². The largest absolute Gasteiger partial charge is 0.485 e. The Kier molecular flexibility index (Phi) is 6.51. The van der Waals surface area contributed by atoms with Crippen molar-refractivity contribution in [3.05, 3.63) is 114 Å². The first-order chi connectivity index (χ1) is 18.7. The third-order valence-electron chi connectivity index (χ3n) is 6.22. The van der Waals surface area contributed by atoms with Crippen LogP contribution in [0, 0.1) is 0 Å². The number of carbonyl (C=O) groups is 1. The van der Waals surface area contributed by atoms with Crippen LogP contribution in [0.1, 0.15) is 21.6 Å². The van der Waals surface area contributed by atoms with Gasteiger partial charge in [0.2, 0.25) is 0 Å². The van der Waals surface area contributed by atoms with E-state index in [1.165, 1.54) is 0 Å². The van der Waals surface area contributed by atoms with Crippen LogP contribution in [0.15, 0.2) is 97.2 Å². The number of hydrogen-bond acceptors (Lipinski definition) is 6. The Labute approximate surface area is 219 Å². The van der Waals surface area contributed by atoms with Gasteiger partial charge >= 0.3 is 0 Å². The van der Waals surface area contributed by atoms with Crippen LogP contribution in [0.3, 0.4) is 0 Å². The second-order valence-corrected chi connectivity index (χ2v) is 8.87. The van der Waals surface area contributed by atoms with E-state index in [0.29, 0.717) is 60.7 Å². The van der Waals surface area contributed by atoms with Crippen molar-refractivity contribution in [2.45, 2.75) is 19.8 Å². The average molecular weight is 504 g/mol. The average Bonchev–Trinajstić information content (AvgIpc) is 3.42. The van der Waals surface area contributed by atoms with Crippen LogP contribution < -0.4 is 14.8 Å². The minimum absolute atomic E-state index is 0.129. The smallest absolute Gasteiger partial charge is 0.269 e. The zero-order chi connectivity index (χ0) is 25.7. The lowest BCUT2D eigenvalue weighted by atomic mass is 10.1. The van der Waals surface area contributed by atoms with E-state index in [0.717, 1.165) is 16.7 Å². The van der Waals surface area contributed by atoms with E-state index in [2.05, 4.69) is 15.4 Å². The molecular weight excluding hydrogens is 478 g/mol. The van der Waals surface area contributed by atoms with Crippen molar-refractivity contribution in [1.82, 2.24) is 25.1 Å². The number of benzene rings is 3. The topological polar surface area (TPSA) is 91.2 Å². The minimum atomic E-state index is -0.129. The molecule has 0 unspecified atom stereocenters. The molecule has 0 fully saturated rings. The van der Waals surface area contributed by atoms with Gasteiger partial charge in [-0.25, -0.2) is 9.97 Å². The Hall–Kier alpha value is -4.98. The summed E-state index contributed by atoms with van der Waals surface area (Å²) in [7, 11) is 0. The Morgan fingerprint density at radius 1 is 0.789 bits per heavy atom. The fraction of sp³-hybridized carbons (Fsp3) is 0.133. The Balaban J connectivity index is 1.29. The van der Waals surface area contributed by atoms with E-state index in [-0.39, 0.29) is 5.91 Å². The van der Waals surface area contributed by atoms with Gasteiger partial charge in [-0.05, 0) is 41.5 Å². The van der Waals surface area contributed by atoms with E-state index in [9.17, 15) is 4.79 Å². The molecule has 0 bridgehead atoms. The molecule has 5 aromatic rings. The lowest BCUT2D eigenvalue weighted by Gasteiger charge is -2.14. The minimum Gasteiger partial charge on any atom is -0.485 e. The van der Waals surface area contributed by atoms with Crippen LogP contribution in [0.5, 0.6) is 11.5 Å². The molecule has 3 heterocycles. The van der Waals surface area contributed by atoms with Crippen molar-refractivity contribution >= 4 is 5.91 Å². The molecule has 8 nitrogen and oxygen atoms in total. The highest BCUT2D eigenvalue weighted by Gasteiger charge is 2.20. The van der Waals surface area contributed by atoms with Gasteiger partial charge < -0.3 is 14.8 Å². The van der Waals surface area contributed by atoms with E-state index < -0.39 is 0 Å². The molecule has 0 aliphatic carbocycles. The summed E-state index contributed by atoms with van der Waals surface area (Å²) < 4.78 is 14.1. The van der Waals surface area contributed by atoms with Crippen molar-refractivity contribution < 1.29 is 14.3 Å². The highest BCUT2D eigenvalue weighted by Crippen LogP contribution is 2.33. The maximum atomic E-state index is 12.2. The lowest BCUT2D eigenvalue weighted by molar-refractivity contribution is 0.0924. The van der Waals surface area contributed by atoms with Crippen LogP contribution in [0.25, 0.3) is 22.8 Å². The second-order valence-electron chi connectivity index (χ2n) is 8.87. The van der Waals surface area contributed by atoms with Crippen LogP contribution in [-0.2, 0) is 19.8 Å². The number of nitrogens with zero attached hydrogens (tertiary/aromatic N) is 4. The standard InChI is InChI=1S/C30H25N5O3/c36-30-26-18-25(34-35(26)16-15-32-30)24-13-14-31-29(33-24)23-11-12-27(37-19-21-7-3-1-4-8-21)28(17-23)38-20-22-9-5-2-6-10-22/h1-14,17-18H,15-16,19-20H2,(H,32,36). The van der Waals surface area contributed by atoms with Crippen LogP contribution in [-0.4, -0.2) is 32.2 Å². The summed E-state index contributed by atoms with van der Waals surface area (Å²) in [5, 5.41) is 7.41. The number of rotatable bonds is 8. The molecule has 3 aromatic carbocycles. The number of amides is 1. The molecule has 38 heavy (non-hydrogen) atoms. The molecule has 0 atom stereocenters. The quantitative estimate of drug-likeness (QED) is 0.324. The third kappa shape index (κ3) is 5.10. The van der Waals surface area contributed by atoms with Crippen LogP contribution >= 0.6 is 0 Å². The zero-order valence-corrected chi connectivity index (χ0v) is 20.6. The highest BCUT2D eigenvalue weighted by molar-refractivity contribution is 5.94. The second kappa shape index (κ2) is 10.6.